The fourth-order valence-corrected chi connectivity index (χ4v) is 8.82. The molecule has 0 aromatic carbocycles. The predicted octanol–water partition coefficient (Wildman–Crippen LogP) is 13.2. The fraction of sp³-hybridized carbons (Fsp3) is 0.875. The molecule has 0 spiro atoms. The van der Waals surface area contributed by atoms with Crippen LogP contribution in [-0.2, 0) is 14.3 Å². The Morgan fingerprint density at radius 3 is 1.34 bits per heavy atom. The molecule has 9 nitrogen and oxygen atoms in total. The molecule has 0 saturated carbocycles. The van der Waals surface area contributed by atoms with Gasteiger partial charge in [-0.25, -0.2) is 0 Å². The number of rotatable bonds is 47. The van der Waals surface area contributed by atoms with E-state index in [0.29, 0.717) is 12.8 Å². The van der Waals surface area contributed by atoms with Crippen molar-refractivity contribution in [2.75, 3.05) is 13.2 Å². The Bertz CT molecular complexity index is 1110. The third-order valence-electron chi connectivity index (χ3n) is 13.2. The Morgan fingerprint density at radius 1 is 0.523 bits per heavy atom. The smallest absolute Gasteiger partial charge is 0.220 e. The molecule has 0 bridgehead atoms. The molecule has 6 N–H and O–H groups in total. The average molecular weight is 920 g/mol. The molecule has 65 heavy (non-hydrogen) atoms. The van der Waals surface area contributed by atoms with Crippen LogP contribution in [0, 0.1) is 0 Å². The molecule has 0 radical (unpaired) electrons. The monoisotopic (exact) mass is 920 g/mol. The van der Waals surface area contributed by atoms with E-state index < -0.39 is 49.5 Å². The second-order valence-corrected chi connectivity index (χ2v) is 19.4. The lowest BCUT2D eigenvalue weighted by Crippen LogP contribution is -2.60. The van der Waals surface area contributed by atoms with E-state index in [2.05, 4.69) is 55.6 Å². The van der Waals surface area contributed by atoms with Crippen LogP contribution in [0.2, 0.25) is 0 Å². The van der Waals surface area contributed by atoms with Crippen LogP contribution < -0.4 is 5.32 Å². The molecule has 1 rings (SSSR count). The normalized spacial score (nSPS) is 20.1. The molecule has 1 fully saturated rings. The van der Waals surface area contributed by atoms with E-state index in [0.717, 1.165) is 51.4 Å². The van der Waals surface area contributed by atoms with Gasteiger partial charge in [-0.3, -0.25) is 4.79 Å². The number of carbonyl (C=O) groups is 1. The van der Waals surface area contributed by atoms with Gasteiger partial charge in [-0.1, -0.05) is 237 Å². The minimum atomic E-state index is -1.55. The largest absolute Gasteiger partial charge is 0.394 e. The molecule has 0 aromatic heterocycles. The Kier molecular flexibility index (Phi) is 43.6. The van der Waals surface area contributed by atoms with Crippen LogP contribution in [0.4, 0.5) is 0 Å². The molecule has 1 saturated heterocycles. The van der Waals surface area contributed by atoms with Gasteiger partial charge in [-0.15, -0.1) is 0 Å². The standard InChI is InChI=1S/C56H105NO8/c1-3-5-7-9-11-13-15-16-17-18-19-20-21-22-23-24-25-26-27-28-29-30-31-32-33-34-36-38-40-42-44-46-52(60)57-49(48-64-56-55(63)54(62)53(61)51(47-58)65-56)50(59)45-43-41-39-37-35-14-12-10-8-6-4-2/h15-16,18-19,21-22,49-51,53-56,58-59,61-63H,3-14,17,20,23-48H2,1-2H3,(H,57,60)/b16-15-,19-18-,22-21-. The highest BCUT2D eigenvalue weighted by Crippen LogP contribution is 2.23. The highest BCUT2D eigenvalue weighted by Gasteiger charge is 2.44. The highest BCUT2D eigenvalue weighted by atomic mass is 16.7. The summed E-state index contributed by atoms with van der Waals surface area (Å²) in [4.78, 5) is 13.0. The molecule has 1 aliphatic rings. The van der Waals surface area contributed by atoms with Gasteiger partial charge in [-0.2, -0.15) is 0 Å². The van der Waals surface area contributed by atoms with Crippen molar-refractivity contribution in [2.24, 2.45) is 0 Å². The van der Waals surface area contributed by atoms with Crippen LogP contribution in [0.3, 0.4) is 0 Å². The number of amides is 1. The average Bonchev–Trinajstić information content (AvgIpc) is 3.31. The van der Waals surface area contributed by atoms with Crippen LogP contribution in [0.25, 0.3) is 0 Å². The molecule has 9 heteroatoms. The molecule has 1 amide bonds. The van der Waals surface area contributed by atoms with E-state index in [1.54, 1.807) is 0 Å². The van der Waals surface area contributed by atoms with Crippen molar-refractivity contribution in [2.45, 2.75) is 301 Å². The van der Waals surface area contributed by atoms with Crippen LogP contribution in [0.15, 0.2) is 36.5 Å². The second-order valence-electron chi connectivity index (χ2n) is 19.4. The summed E-state index contributed by atoms with van der Waals surface area (Å²) < 4.78 is 11.3. The van der Waals surface area contributed by atoms with E-state index in [1.807, 2.05) is 0 Å². The van der Waals surface area contributed by atoms with E-state index in [9.17, 15) is 30.3 Å². The minimum absolute atomic E-state index is 0.136. The highest BCUT2D eigenvalue weighted by molar-refractivity contribution is 5.76. The van der Waals surface area contributed by atoms with Gasteiger partial charge in [0.2, 0.25) is 5.91 Å². The number of hydrogen-bond donors (Lipinski definition) is 6. The molecule has 1 aliphatic heterocycles. The lowest BCUT2D eigenvalue weighted by atomic mass is 9.99. The van der Waals surface area contributed by atoms with Gasteiger partial charge >= 0.3 is 0 Å². The summed E-state index contributed by atoms with van der Waals surface area (Å²) in [5, 5.41) is 54.4. The maximum atomic E-state index is 13.0. The Morgan fingerprint density at radius 2 is 0.908 bits per heavy atom. The summed E-state index contributed by atoms with van der Waals surface area (Å²) >= 11 is 0. The Labute approximate surface area is 400 Å². The van der Waals surface area contributed by atoms with Crippen LogP contribution in [-0.4, -0.2) is 87.5 Å². The summed E-state index contributed by atoms with van der Waals surface area (Å²) in [7, 11) is 0. The summed E-state index contributed by atoms with van der Waals surface area (Å²) in [6.07, 6.45) is 51.8. The quantitative estimate of drug-likeness (QED) is 0.0261. The van der Waals surface area contributed by atoms with Crippen LogP contribution in [0.1, 0.15) is 258 Å². The summed E-state index contributed by atoms with van der Waals surface area (Å²) in [6, 6.07) is -0.716. The number of unbranched alkanes of at least 4 members (excludes halogenated alkanes) is 31. The van der Waals surface area contributed by atoms with E-state index in [-0.39, 0.29) is 12.5 Å². The molecule has 1 heterocycles. The maximum absolute atomic E-state index is 13.0. The van der Waals surface area contributed by atoms with Crippen LogP contribution >= 0.6 is 0 Å². The fourth-order valence-electron chi connectivity index (χ4n) is 8.82. The van der Waals surface area contributed by atoms with Crippen molar-refractivity contribution in [3.05, 3.63) is 36.5 Å². The van der Waals surface area contributed by atoms with E-state index in [4.69, 9.17) is 9.47 Å². The predicted molar refractivity (Wildman–Crippen MR) is 272 cm³/mol. The first-order valence-corrected chi connectivity index (χ1v) is 27.7. The third-order valence-corrected chi connectivity index (χ3v) is 13.2. The third kappa shape index (κ3) is 36.1. The van der Waals surface area contributed by atoms with Gasteiger partial charge in [0.05, 0.1) is 25.4 Å². The second kappa shape index (κ2) is 46.2. The number of ether oxygens (including phenoxy) is 2. The van der Waals surface area contributed by atoms with E-state index >= 15 is 0 Å². The molecular formula is C56H105NO8. The summed E-state index contributed by atoms with van der Waals surface area (Å²) in [5.74, 6) is -0.144. The van der Waals surface area contributed by atoms with E-state index in [1.165, 1.54) is 180 Å². The number of hydrogen-bond acceptors (Lipinski definition) is 8. The minimum Gasteiger partial charge on any atom is -0.394 e. The number of aliphatic hydroxyl groups excluding tert-OH is 5. The van der Waals surface area contributed by atoms with Gasteiger partial charge in [0.25, 0.3) is 0 Å². The van der Waals surface area contributed by atoms with Crippen molar-refractivity contribution in [3.8, 4) is 0 Å². The van der Waals surface area contributed by atoms with Crippen molar-refractivity contribution in [1.29, 1.82) is 0 Å². The SMILES string of the molecule is CCCCCCC/C=C\C/C=C\C/C=C\CCCCCCCCCCCCCCCCCCC(=O)NC(COC1OC(CO)C(O)C(O)C1O)C(O)CCCCCCCCCCCCC. The summed E-state index contributed by atoms with van der Waals surface area (Å²) in [5.41, 5.74) is 0. The van der Waals surface area contributed by atoms with Gasteiger partial charge in [-0.05, 0) is 51.4 Å². The number of allylic oxidation sites excluding steroid dienone is 6. The maximum Gasteiger partial charge on any atom is 0.220 e. The zero-order chi connectivity index (χ0) is 47.3. The summed E-state index contributed by atoms with van der Waals surface area (Å²) in [6.45, 7) is 3.82. The lowest BCUT2D eigenvalue weighted by Gasteiger charge is -2.40. The zero-order valence-electron chi connectivity index (χ0n) is 42.3. The van der Waals surface area contributed by atoms with Crippen LogP contribution in [0.5, 0.6) is 0 Å². The first-order chi connectivity index (χ1) is 31.8. The molecule has 0 aromatic rings. The molecule has 0 aliphatic carbocycles. The molecule has 382 valence electrons. The van der Waals surface area contributed by atoms with Gasteiger partial charge in [0.15, 0.2) is 6.29 Å². The van der Waals surface area contributed by atoms with Crippen molar-refractivity contribution < 1.29 is 39.8 Å². The topological polar surface area (TPSA) is 149 Å². The van der Waals surface area contributed by atoms with Gasteiger partial charge in [0, 0.05) is 6.42 Å². The number of aliphatic hydroxyl groups is 5. The zero-order valence-corrected chi connectivity index (χ0v) is 42.3. The van der Waals surface area contributed by atoms with Gasteiger partial charge < -0.3 is 40.3 Å². The van der Waals surface area contributed by atoms with Crippen molar-refractivity contribution >= 4 is 5.91 Å². The van der Waals surface area contributed by atoms with Crippen molar-refractivity contribution in [1.82, 2.24) is 5.32 Å². The molecular weight excluding hydrogens is 815 g/mol. The lowest BCUT2D eigenvalue weighted by molar-refractivity contribution is -0.302. The van der Waals surface area contributed by atoms with Gasteiger partial charge in [0.1, 0.15) is 24.4 Å². The van der Waals surface area contributed by atoms with Crippen molar-refractivity contribution in [3.63, 3.8) is 0 Å². The first kappa shape index (κ1) is 61.4. The molecule has 7 atom stereocenters. The first-order valence-electron chi connectivity index (χ1n) is 27.7. The number of nitrogens with one attached hydrogen (secondary N) is 1. The Hall–Kier alpha value is -1.59. The Balaban J connectivity index is 2.11. The number of carbonyl (C=O) groups excluding carboxylic acids is 1. The molecule has 7 unspecified atom stereocenters.